The third-order valence-corrected chi connectivity index (χ3v) is 6.47. The molecule has 2 amide bonds. The molecule has 1 aromatic heterocycles. The van der Waals surface area contributed by atoms with Crippen LogP contribution in [0.25, 0.3) is 0 Å². The highest BCUT2D eigenvalue weighted by molar-refractivity contribution is 7.92. The van der Waals surface area contributed by atoms with Gasteiger partial charge in [0.25, 0.3) is 0 Å². The van der Waals surface area contributed by atoms with Gasteiger partial charge in [0.05, 0.1) is 11.0 Å². The Balaban J connectivity index is 1.99. The van der Waals surface area contributed by atoms with Crippen molar-refractivity contribution in [3.63, 3.8) is 0 Å². The maximum absolute atomic E-state index is 12.2. The molecule has 1 aromatic rings. The smallest absolute Gasteiger partial charge is 0.317 e. The number of hydrogen-bond acceptors (Lipinski definition) is 4. The van der Waals surface area contributed by atoms with Crippen LogP contribution in [0.1, 0.15) is 30.9 Å². The minimum Gasteiger partial charge on any atom is -0.466 e. The Morgan fingerprint density at radius 3 is 2.67 bits per heavy atom. The van der Waals surface area contributed by atoms with Crippen LogP contribution in [0, 0.1) is 13.8 Å². The predicted octanol–water partition coefficient (Wildman–Crippen LogP) is 1.61. The number of rotatable bonds is 2. The second kappa shape index (κ2) is 5.71. The van der Waals surface area contributed by atoms with Crippen molar-refractivity contribution in [2.24, 2.45) is 0 Å². The number of nitrogens with zero attached hydrogens (tertiary/aromatic N) is 1. The monoisotopic (exact) mass is 314 g/mol. The van der Waals surface area contributed by atoms with E-state index < -0.39 is 15.1 Å². The van der Waals surface area contributed by atoms with Crippen LogP contribution in [0.4, 0.5) is 4.79 Å². The van der Waals surface area contributed by atoms with Crippen LogP contribution in [-0.4, -0.2) is 42.9 Å². The van der Waals surface area contributed by atoms with Gasteiger partial charge in [-0.05, 0) is 33.8 Å². The number of furan rings is 1. The highest BCUT2D eigenvalue weighted by Crippen LogP contribution is 2.19. The van der Waals surface area contributed by atoms with Crippen molar-refractivity contribution >= 4 is 15.9 Å². The van der Waals surface area contributed by atoms with E-state index in [1.165, 1.54) is 0 Å². The quantitative estimate of drug-likeness (QED) is 0.899. The lowest BCUT2D eigenvalue weighted by atomic mass is 10.2. The molecule has 1 saturated heterocycles. The number of nitrogens with one attached hydrogen (secondary N) is 1. The molecule has 1 fully saturated rings. The zero-order valence-corrected chi connectivity index (χ0v) is 13.7. The van der Waals surface area contributed by atoms with Crippen molar-refractivity contribution in [1.29, 1.82) is 0 Å². The summed E-state index contributed by atoms with van der Waals surface area (Å²) in [5, 5.41) is 2.30. The number of sulfone groups is 1. The molecule has 0 radical (unpaired) electrons. The first-order valence-corrected chi connectivity index (χ1v) is 8.76. The topological polar surface area (TPSA) is 79.6 Å². The van der Waals surface area contributed by atoms with Crippen molar-refractivity contribution in [1.82, 2.24) is 10.2 Å². The molecule has 2 unspecified atom stereocenters. The van der Waals surface area contributed by atoms with Crippen LogP contribution in [0.15, 0.2) is 10.5 Å². The van der Waals surface area contributed by atoms with Gasteiger partial charge < -0.3 is 14.6 Å². The van der Waals surface area contributed by atoms with E-state index in [-0.39, 0.29) is 24.4 Å². The maximum atomic E-state index is 12.2. The molecule has 118 valence electrons. The van der Waals surface area contributed by atoms with E-state index in [0.717, 1.165) is 17.1 Å². The molecule has 6 nitrogen and oxygen atoms in total. The minimum absolute atomic E-state index is 0.0236. The van der Waals surface area contributed by atoms with Crippen LogP contribution in [0.5, 0.6) is 0 Å². The summed E-state index contributed by atoms with van der Waals surface area (Å²) >= 11 is 0. The van der Waals surface area contributed by atoms with Gasteiger partial charge in [-0.1, -0.05) is 0 Å². The zero-order valence-electron chi connectivity index (χ0n) is 12.8. The van der Waals surface area contributed by atoms with E-state index in [2.05, 4.69) is 5.32 Å². The Bertz CT molecular complexity index is 635. The highest BCUT2D eigenvalue weighted by atomic mass is 32.2. The third-order valence-electron chi connectivity index (χ3n) is 4.19. The molecular formula is C14H22N2O4S. The van der Waals surface area contributed by atoms with E-state index >= 15 is 0 Å². The Labute approximate surface area is 125 Å². The number of aryl methyl sites for hydroxylation is 2. The third kappa shape index (κ3) is 3.23. The number of urea groups is 1. The zero-order chi connectivity index (χ0) is 15.8. The van der Waals surface area contributed by atoms with Gasteiger partial charge in [0.1, 0.15) is 11.5 Å². The fraction of sp³-hybridized carbons (Fsp3) is 0.643. The lowest BCUT2D eigenvalue weighted by Crippen LogP contribution is -2.56. The molecule has 0 saturated carbocycles. The summed E-state index contributed by atoms with van der Waals surface area (Å²) in [6, 6.07) is 1.33. The summed E-state index contributed by atoms with van der Waals surface area (Å²) in [5.41, 5.74) is 0.936. The number of carbonyl (C=O) groups is 1. The van der Waals surface area contributed by atoms with E-state index in [4.69, 9.17) is 4.42 Å². The van der Waals surface area contributed by atoms with E-state index in [9.17, 15) is 13.2 Å². The molecule has 2 rings (SSSR count). The van der Waals surface area contributed by atoms with Gasteiger partial charge >= 0.3 is 6.03 Å². The first-order chi connectivity index (χ1) is 9.72. The molecule has 2 atom stereocenters. The molecule has 2 heterocycles. The van der Waals surface area contributed by atoms with Crippen molar-refractivity contribution < 1.29 is 17.6 Å². The van der Waals surface area contributed by atoms with E-state index in [1.807, 2.05) is 19.9 Å². The molecule has 0 bridgehead atoms. The number of hydrogen-bond donors (Lipinski definition) is 1. The van der Waals surface area contributed by atoms with Gasteiger partial charge in [0, 0.05) is 24.7 Å². The van der Waals surface area contributed by atoms with Crippen LogP contribution in [-0.2, 0) is 16.4 Å². The van der Waals surface area contributed by atoms with Crippen LogP contribution in [0.2, 0.25) is 0 Å². The van der Waals surface area contributed by atoms with Crippen molar-refractivity contribution in [2.45, 2.75) is 45.5 Å². The number of carbonyl (C=O) groups excluding carboxylic acids is 1. The van der Waals surface area contributed by atoms with Gasteiger partial charge in [-0.3, -0.25) is 0 Å². The lowest BCUT2D eigenvalue weighted by molar-refractivity contribution is 0.177. The fourth-order valence-electron chi connectivity index (χ4n) is 2.59. The summed E-state index contributed by atoms with van der Waals surface area (Å²) in [7, 11) is -3.08. The van der Waals surface area contributed by atoms with Crippen molar-refractivity contribution in [3.05, 3.63) is 23.2 Å². The molecule has 1 aliphatic rings. The first-order valence-electron chi connectivity index (χ1n) is 7.04. The fourth-order valence-corrected chi connectivity index (χ4v) is 4.16. The van der Waals surface area contributed by atoms with Gasteiger partial charge in [0.2, 0.25) is 0 Å². The van der Waals surface area contributed by atoms with Crippen LogP contribution >= 0.6 is 0 Å². The maximum Gasteiger partial charge on any atom is 0.317 e. The van der Waals surface area contributed by atoms with Gasteiger partial charge in [-0.15, -0.1) is 0 Å². The van der Waals surface area contributed by atoms with E-state index in [1.54, 1.807) is 18.7 Å². The molecule has 7 heteroatoms. The second-order valence-corrected chi connectivity index (χ2v) is 8.08. The van der Waals surface area contributed by atoms with E-state index in [0.29, 0.717) is 6.54 Å². The average Bonchev–Trinajstić information content (AvgIpc) is 2.72. The second-order valence-electron chi connectivity index (χ2n) is 5.60. The summed E-state index contributed by atoms with van der Waals surface area (Å²) in [6.07, 6.45) is 0. The number of amides is 2. The normalized spacial score (nSPS) is 24.9. The Kier molecular flexibility index (Phi) is 4.32. The van der Waals surface area contributed by atoms with Crippen molar-refractivity contribution in [3.8, 4) is 0 Å². The average molecular weight is 314 g/mol. The summed E-state index contributed by atoms with van der Waals surface area (Å²) in [5.74, 6) is 1.62. The standard InChI is InChI=1S/C14H22N2O4S/c1-9-7-13(11(3)20-9)8-15-14(17)16-5-6-21(18,19)12(4)10(16)2/h7,10,12H,5-6,8H2,1-4H3,(H,15,17). The largest absolute Gasteiger partial charge is 0.466 e. The van der Waals surface area contributed by atoms with Gasteiger partial charge in [0.15, 0.2) is 9.84 Å². The SMILES string of the molecule is Cc1cc(CNC(=O)N2CCS(=O)(=O)C(C)C2C)c(C)o1. The van der Waals surface area contributed by atoms with Gasteiger partial charge in [-0.2, -0.15) is 0 Å². The molecule has 1 aliphatic heterocycles. The first kappa shape index (κ1) is 15.9. The predicted molar refractivity (Wildman–Crippen MR) is 79.8 cm³/mol. The Morgan fingerprint density at radius 2 is 2.10 bits per heavy atom. The molecular weight excluding hydrogens is 292 g/mol. The van der Waals surface area contributed by atoms with Crippen LogP contribution < -0.4 is 5.32 Å². The van der Waals surface area contributed by atoms with Crippen LogP contribution in [0.3, 0.4) is 0 Å². The molecule has 21 heavy (non-hydrogen) atoms. The van der Waals surface area contributed by atoms with Gasteiger partial charge in [-0.25, -0.2) is 13.2 Å². The molecule has 0 aromatic carbocycles. The Morgan fingerprint density at radius 1 is 1.43 bits per heavy atom. The lowest BCUT2D eigenvalue weighted by Gasteiger charge is -2.37. The molecule has 1 N–H and O–H groups in total. The highest BCUT2D eigenvalue weighted by Gasteiger charge is 2.37. The Hall–Kier alpha value is -1.50. The summed E-state index contributed by atoms with van der Waals surface area (Å²) in [4.78, 5) is 13.8. The molecule has 0 aliphatic carbocycles. The summed E-state index contributed by atoms with van der Waals surface area (Å²) < 4.78 is 29.0. The minimum atomic E-state index is -3.08. The molecule has 0 spiro atoms. The van der Waals surface area contributed by atoms with Crippen molar-refractivity contribution in [2.75, 3.05) is 12.3 Å². The summed E-state index contributed by atoms with van der Waals surface area (Å²) in [6.45, 7) is 7.76.